The van der Waals surface area contributed by atoms with E-state index in [1.54, 1.807) is 0 Å². The minimum absolute atomic E-state index is 0.400. The second-order valence-corrected chi connectivity index (χ2v) is 14.3. The maximum atomic E-state index is 6.88. The van der Waals surface area contributed by atoms with Crippen LogP contribution in [0.3, 0.4) is 0 Å². The molecule has 232 valence electrons. The van der Waals surface area contributed by atoms with Crippen molar-refractivity contribution in [1.82, 2.24) is 4.57 Å². The van der Waals surface area contributed by atoms with E-state index in [1.807, 2.05) is 12.1 Å². The normalized spacial score (nSPS) is 14.4. The summed E-state index contributed by atoms with van der Waals surface area (Å²) in [7, 11) is 2.35. The van der Waals surface area contributed by atoms with Gasteiger partial charge in [-0.3, -0.25) is 0 Å². The van der Waals surface area contributed by atoms with Crippen LogP contribution in [0.1, 0.15) is 67.3 Å². The average molecular weight is 624 g/mol. The van der Waals surface area contributed by atoms with Crippen molar-refractivity contribution in [2.24, 2.45) is 0 Å². The Hall–Kier alpha value is -5.42. The summed E-state index contributed by atoms with van der Waals surface area (Å²) in [5.41, 5.74) is 11.0. The number of hydrogen-bond acceptors (Lipinski definition) is 3. The summed E-state index contributed by atoms with van der Waals surface area (Å²) in [5.74, 6) is 4.24. The molecule has 0 atom stereocenters. The molecule has 0 unspecified atom stereocenters. The molecule has 4 heterocycles. The standard InChI is InChI=1S/C43H34BNO3/c1-23(2)25-13-17-36-31(19-25)43(44)32-20-26(24(3)4)14-18-37(32)47-39-22-27(21-38(46-36)41(39)43)45-33-11-7-5-10-30(33)40-34(45)16-15-29-28-9-6-8-12-35(28)48-42(29)40/h5-24H,44H2,1-4H3. The van der Waals surface area contributed by atoms with Gasteiger partial charge in [0.2, 0.25) is 0 Å². The molecule has 0 bridgehead atoms. The highest BCUT2D eigenvalue weighted by molar-refractivity contribution is 6.24. The fourth-order valence-corrected chi connectivity index (χ4v) is 8.30. The van der Waals surface area contributed by atoms with Crippen LogP contribution in [0.15, 0.2) is 114 Å². The summed E-state index contributed by atoms with van der Waals surface area (Å²) in [5, 5.41) is 4.05. The highest BCUT2D eigenvalue weighted by atomic mass is 16.5. The molecule has 0 fully saturated rings. The first kappa shape index (κ1) is 27.7. The number of para-hydroxylation sites is 2. The molecule has 4 nitrogen and oxygen atoms in total. The van der Waals surface area contributed by atoms with E-state index in [-0.39, 0.29) is 0 Å². The number of ether oxygens (including phenoxy) is 2. The number of nitrogens with zero attached hydrogens (tertiary/aromatic N) is 1. The van der Waals surface area contributed by atoms with Crippen molar-refractivity contribution in [3.63, 3.8) is 0 Å². The van der Waals surface area contributed by atoms with E-state index in [2.05, 4.69) is 137 Å². The van der Waals surface area contributed by atoms with E-state index in [9.17, 15) is 0 Å². The van der Waals surface area contributed by atoms with E-state index in [4.69, 9.17) is 13.9 Å². The van der Waals surface area contributed by atoms with Gasteiger partial charge in [-0.2, -0.15) is 0 Å². The Balaban J connectivity index is 1.27. The zero-order chi connectivity index (χ0) is 32.5. The number of hydrogen-bond donors (Lipinski definition) is 0. The van der Waals surface area contributed by atoms with E-state index in [0.29, 0.717) is 11.8 Å². The lowest BCUT2D eigenvalue weighted by Gasteiger charge is -2.43. The predicted molar refractivity (Wildman–Crippen MR) is 198 cm³/mol. The van der Waals surface area contributed by atoms with Gasteiger partial charge in [-0.15, -0.1) is 0 Å². The number of benzene rings is 6. The van der Waals surface area contributed by atoms with Gasteiger partial charge in [-0.1, -0.05) is 88.4 Å². The van der Waals surface area contributed by atoms with Crippen molar-refractivity contribution < 1.29 is 13.9 Å². The van der Waals surface area contributed by atoms with E-state index >= 15 is 0 Å². The molecule has 5 heteroatoms. The molecule has 0 radical (unpaired) electrons. The van der Waals surface area contributed by atoms with Gasteiger partial charge in [0.25, 0.3) is 0 Å². The number of fused-ring (bicyclic) bond motifs is 11. The molecular formula is C43H34BNO3. The monoisotopic (exact) mass is 623 g/mol. The first-order chi connectivity index (χ1) is 23.3. The third-order valence-corrected chi connectivity index (χ3v) is 10.8. The smallest absolute Gasteiger partial charge is 0.145 e. The lowest BCUT2D eigenvalue weighted by atomic mass is 9.53. The Morgan fingerprint density at radius 3 is 1.83 bits per heavy atom. The van der Waals surface area contributed by atoms with Crippen LogP contribution >= 0.6 is 0 Å². The predicted octanol–water partition coefficient (Wildman–Crippen LogP) is 11.1. The van der Waals surface area contributed by atoms with Crippen LogP contribution < -0.4 is 9.47 Å². The first-order valence-corrected chi connectivity index (χ1v) is 17.0. The van der Waals surface area contributed by atoms with Gasteiger partial charge in [-0.25, -0.2) is 0 Å². The topological polar surface area (TPSA) is 36.5 Å². The maximum absolute atomic E-state index is 6.88. The van der Waals surface area contributed by atoms with Gasteiger partial charge in [-0.05, 0) is 59.4 Å². The zero-order valence-corrected chi connectivity index (χ0v) is 27.7. The molecule has 0 saturated heterocycles. The van der Waals surface area contributed by atoms with Crippen molar-refractivity contribution in [2.45, 2.75) is 44.8 Å². The second kappa shape index (κ2) is 9.57. The summed E-state index contributed by atoms with van der Waals surface area (Å²) in [6.45, 7) is 9.00. The van der Waals surface area contributed by atoms with Crippen molar-refractivity contribution in [1.29, 1.82) is 0 Å². The fraction of sp³-hybridized carbons (Fsp3) is 0.163. The van der Waals surface area contributed by atoms with Crippen LogP contribution in [0.5, 0.6) is 23.0 Å². The van der Waals surface area contributed by atoms with Crippen LogP contribution in [0.2, 0.25) is 0 Å². The molecule has 0 saturated carbocycles. The Labute approximate surface area is 279 Å². The van der Waals surface area contributed by atoms with Crippen molar-refractivity contribution >= 4 is 51.6 Å². The summed E-state index contributed by atoms with van der Waals surface area (Å²) in [4.78, 5) is 0. The molecule has 2 aliphatic rings. The molecule has 0 spiro atoms. The third-order valence-electron chi connectivity index (χ3n) is 10.8. The van der Waals surface area contributed by atoms with E-state index in [1.165, 1.54) is 22.3 Å². The molecule has 2 aromatic heterocycles. The van der Waals surface area contributed by atoms with Gasteiger partial charge < -0.3 is 18.5 Å². The SMILES string of the molecule is BC12c3cc(C(C)C)ccc3Oc3cc(-n4c5ccccc5c5c6oc7ccccc7c6ccc54)cc(c31)Oc1ccc(C(C)C)cc12. The molecule has 48 heavy (non-hydrogen) atoms. The van der Waals surface area contributed by atoms with Gasteiger partial charge in [0.15, 0.2) is 0 Å². The summed E-state index contributed by atoms with van der Waals surface area (Å²) >= 11 is 0. The molecule has 0 N–H and O–H groups in total. The van der Waals surface area contributed by atoms with Gasteiger partial charge in [0, 0.05) is 50.3 Å². The molecule has 8 aromatic rings. The van der Waals surface area contributed by atoms with Gasteiger partial charge in [0.1, 0.15) is 42.0 Å². The van der Waals surface area contributed by atoms with Crippen LogP contribution in [-0.2, 0) is 5.31 Å². The van der Waals surface area contributed by atoms with Crippen molar-refractivity contribution in [2.75, 3.05) is 0 Å². The van der Waals surface area contributed by atoms with Gasteiger partial charge in [0.05, 0.1) is 22.1 Å². The molecule has 2 aliphatic heterocycles. The molecule has 6 aromatic carbocycles. The lowest BCUT2D eigenvalue weighted by Crippen LogP contribution is -2.36. The molecule has 10 rings (SSSR count). The van der Waals surface area contributed by atoms with Crippen molar-refractivity contribution in [3.05, 3.63) is 137 Å². The maximum Gasteiger partial charge on any atom is 0.145 e. The quantitative estimate of drug-likeness (QED) is 0.184. The van der Waals surface area contributed by atoms with E-state index < -0.39 is 5.31 Å². The highest BCUT2D eigenvalue weighted by Crippen LogP contribution is 2.60. The largest absolute Gasteiger partial charge is 0.457 e. The average Bonchev–Trinajstić information content (AvgIpc) is 3.63. The molecule has 0 aliphatic carbocycles. The van der Waals surface area contributed by atoms with Crippen LogP contribution in [-0.4, -0.2) is 12.4 Å². The Morgan fingerprint density at radius 2 is 1.19 bits per heavy atom. The number of furan rings is 1. The van der Waals surface area contributed by atoms with E-state index in [0.717, 1.165) is 78.0 Å². The van der Waals surface area contributed by atoms with Crippen LogP contribution in [0, 0.1) is 0 Å². The molecule has 0 amide bonds. The first-order valence-electron chi connectivity index (χ1n) is 17.0. The minimum atomic E-state index is -0.457. The number of aromatic nitrogens is 1. The summed E-state index contributed by atoms with van der Waals surface area (Å²) in [6, 6.07) is 39.1. The lowest BCUT2D eigenvalue weighted by molar-refractivity contribution is 0.399. The zero-order valence-electron chi connectivity index (χ0n) is 27.7. The minimum Gasteiger partial charge on any atom is -0.457 e. The number of rotatable bonds is 3. The second-order valence-electron chi connectivity index (χ2n) is 14.3. The third kappa shape index (κ3) is 3.56. The van der Waals surface area contributed by atoms with Crippen LogP contribution in [0.4, 0.5) is 0 Å². The Kier molecular flexibility index (Phi) is 5.52. The summed E-state index contributed by atoms with van der Waals surface area (Å²) in [6.07, 6.45) is 0. The van der Waals surface area contributed by atoms with Gasteiger partial charge >= 0.3 is 0 Å². The Bertz CT molecular complexity index is 2580. The summed E-state index contributed by atoms with van der Waals surface area (Å²) < 4.78 is 22.6. The van der Waals surface area contributed by atoms with Crippen LogP contribution in [0.25, 0.3) is 49.4 Å². The van der Waals surface area contributed by atoms with Crippen molar-refractivity contribution in [3.8, 4) is 28.7 Å². The molecular weight excluding hydrogens is 589 g/mol. The highest BCUT2D eigenvalue weighted by Gasteiger charge is 2.47. The fourth-order valence-electron chi connectivity index (χ4n) is 8.30. The Morgan fingerprint density at radius 1 is 0.583 bits per heavy atom.